The van der Waals surface area contributed by atoms with Gasteiger partial charge in [0.2, 0.25) is 0 Å². The van der Waals surface area contributed by atoms with Gasteiger partial charge in [0.1, 0.15) is 5.69 Å². The van der Waals surface area contributed by atoms with Gasteiger partial charge in [0.05, 0.1) is 11.6 Å². The van der Waals surface area contributed by atoms with Crippen LogP contribution in [0.3, 0.4) is 0 Å². The van der Waals surface area contributed by atoms with Crippen LogP contribution in [0.25, 0.3) is 10.4 Å². The molecule has 1 heterocycles. The Morgan fingerprint density at radius 3 is 3.14 bits per heavy atom. The summed E-state index contributed by atoms with van der Waals surface area (Å²) in [5.74, 6) is 5.48. The summed E-state index contributed by atoms with van der Waals surface area (Å²) in [6, 6.07) is 1.78. The van der Waals surface area contributed by atoms with Crippen LogP contribution in [0.5, 0.6) is 0 Å². The lowest BCUT2D eigenvalue weighted by Crippen LogP contribution is -1.87. The van der Waals surface area contributed by atoms with E-state index in [9.17, 15) is 0 Å². The molecular formula is C9H7ClN4. The number of hydrogen-bond acceptors (Lipinski definition) is 2. The Kier molecular flexibility index (Phi) is 3.81. The topological polar surface area (TPSA) is 61.7 Å². The summed E-state index contributed by atoms with van der Waals surface area (Å²) in [4.78, 5) is 6.62. The molecule has 0 atom stereocenters. The van der Waals surface area contributed by atoms with Crippen molar-refractivity contribution >= 4 is 11.6 Å². The lowest BCUT2D eigenvalue weighted by molar-refractivity contribution is 1.22. The fraction of sp³-hybridized carbons (Fsp3) is 0.222. The van der Waals surface area contributed by atoms with Crippen molar-refractivity contribution in [3.63, 3.8) is 0 Å². The van der Waals surface area contributed by atoms with E-state index in [1.54, 1.807) is 6.07 Å². The molecule has 0 aliphatic rings. The third-order valence-corrected chi connectivity index (χ3v) is 1.67. The number of hydrogen-bond donors (Lipinski definition) is 0. The molecule has 0 saturated carbocycles. The van der Waals surface area contributed by atoms with E-state index < -0.39 is 0 Å². The van der Waals surface area contributed by atoms with Crippen LogP contribution >= 0.6 is 11.6 Å². The smallest absolute Gasteiger partial charge is 0.116 e. The van der Waals surface area contributed by atoms with E-state index in [0.29, 0.717) is 10.7 Å². The number of pyridine rings is 1. The second kappa shape index (κ2) is 5.13. The van der Waals surface area contributed by atoms with E-state index in [2.05, 4.69) is 26.9 Å². The van der Waals surface area contributed by atoms with Crippen molar-refractivity contribution in [2.45, 2.75) is 6.92 Å². The highest BCUT2D eigenvalue weighted by molar-refractivity contribution is 6.30. The molecule has 0 spiro atoms. The highest BCUT2D eigenvalue weighted by atomic mass is 35.5. The van der Waals surface area contributed by atoms with Crippen LogP contribution < -0.4 is 0 Å². The average molecular weight is 207 g/mol. The molecule has 0 amide bonds. The Morgan fingerprint density at radius 2 is 2.50 bits per heavy atom. The zero-order valence-corrected chi connectivity index (χ0v) is 8.28. The summed E-state index contributed by atoms with van der Waals surface area (Å²) >= 11 is 5.72. The quantitative estimate of drug-likeness (QED) is 0.302. The normalized spacial score (nSPS) is 8.43. The van der Waals surface area contributed by atoms with Crippen LogP contribution in [0.15, 0.2) is 17.4 Å². The lowest BCUT2D eigenvalue weighted by Gasteiger charge is -1.95. The van der Waals surface area contributed by atoms with E-state index >= 15 is 0 Å². The van der Waals surface area contributed by atoms with E-state index in [4.69, 9.17) is 17.1 Å². The third-order valence-electron chi connectivity index (χ3n) is 1.46. The lowest BCUT2D eigenvalue weighted by atomic mass is 10.2. The molecule has 0 bridgehead atoms. The molecule has 14 heavy (non-hydrogen) atoms. The van der Waals surface area contributed by atoms with E-state index in [1.807, 2.05) is 6.92 Å². The predicted octanol–water partition coefficient (Wildman–Crippen LogP) is 2.71. The summed E-state index contributed by atoms with van der Waals surface area (Å²) in [5, 5.41) is 3.87. The van der Waals surface area contributed by atoms with Crippen LogP contribution in [-0.2, 0) is 0 Å². The fourth-order valence-corrected chi connectivity index (χ4v) is 1.07. The van der Waals surface area contributed by atoms with E-state index in [0.717, 1.165) is 5.56 Å². The zero-order valence-electron chi connectivity index (χ0n) is 7.53. The molecule has 1 aromatic heterocycles. The van der Waals surface area contributed by atoms with Crippen LogP contribution in [0.1, 0.15) is 11.3 Å². The number of azide groups is 1. The van der Waals surface area contributed by atoms with Crippen LogP contribution in [0, 0.1) is 18.8 Å². The molecule has 0 unspecified atom stereocenters. The van der Waals surface area contributed by atoms with Crippen LogP contribution in [0.4, 0.5) is 0 Å². The maximum Gasteiger partial charge on any atom is 0.116 e. The summed E-state index contributed by atoms with van der Waals surface area (Å²) in [6.45, 7) is 2.02. The summed E-state index contributed by atoms with van der Waals surface area (Å²) in [7, 11) is 0. The first-order chi connectivity index (χ1) is 6.74. The molecule has 0 fully saturated rings. The number of rotatable bonds is 1. The first-order valence-electron chi connectivity index (χ1n) is 3.86. The third kappa shape index (κ3) is 2.98. The second-order valence-electron chi connectivity index (χ2n) is 2.51. The molecular weight excluding hydrogens is 200 g/mol. The molecule has 0 aliphatic heterocycles. The molecule has 70 valence electrons. The van der Waals surface area contributed by atoms with Gasteiger partial charge in [0.15, 0.2) is 0 Å². The molecule has 1 rings (SSSR count). The molecule has 4 nitrogen and oxygen atoms in total. The van der Waals surface area contributed by atoms with Crippen molar-refractivity contribution in [2.24, 2.45) is 5.11 Å². The van der Waals surface area contributed by atoms with Crippen molar-refractivity contribution in [1.82, 2.24) is 4.98 Å². The van der Waals surface area contributed by atoms with Crippen molar-refractivity contribution < 1.29 is 0 Å². The van der Waals surface area contributed by atoms with Gasteiger partial charge < -0.3 is 0 Å². The molecule has 1 aromatic rings. The standard InChI is InChI=1S/C9H7ClN4/c1-7-5-8(10)6-12-9(7)3-2-4-13-14-11/h5-6H,4H2,1H3. The van der Waals surface area contributed by atoms with Crippen molar-refractivity contribution in [2.75, 3.05) is 6.54 Å². The minimum Gasteiger partial charge on any atom is -0.246 e. The van der Waals surface area contributed by atoms with E-state index in [-0.39, 0.29) is 6.54 Å². The number of aryl methyl sites for hydroxylation is 1. The summed E-state index contributed by atoms with van der Waals surface area (Å²) < 4.78 is 0. The predicted molar refractivity (Wildman–Crippen MR) is 54.9 cm³/mol. The average Bonchev–Trinajstić information content (AvgIpc) is 2.15. The Bertz CT molecular complexity index is 438. The van der Waals surface area contributed by atoms with Crippen LogP contribution in [-0.4, -0.2) is 11.5 Å². The van der Waals surface area contributed by atoms with Gasteiger partial charge in [-0.1, -0.05) is 22.6 Å². The number of halogens is 1. The number of nitrogens with zero attached hydrogens (tertiary/aromatic N) is 4. The minimum atomic E-state index is 0.153. The van der Waals surface area contributed by atoms with Crippen LogP contribution in [0.2, 0.25) is 5.02 Å². The first kappa shape index (κ1) is 10.4. The maximum atomic E-state index is 8.01. The van der Waals surface area contributed by atoms with E-state index in [1.165, 1.54) is 6.20 Å². The van der Waals surface area contributed by atoms with Gasteiger partial charge in [-0.15, -0.1) is 0 Å². The SMILES string of the molecule is Cc1cc(Cl)cnc1C#CCN=[N+]=[N-]. The Balaban J connectivity index is 2.84. The monoisotopic (exact) mass is 206 g/mol. The summed E-state index contributed by atoms with van der Waals surface area (Å²) in [5.41, 5.74) is 9.58. The van der Waals surface area contributed by atoms with Crippen molar-refractivity contribution in [3.8, 4) is 11.8 Å². The molecule has 0 aromatic carbocycles. The van der Waals surface area contributed by atoms with Gasteiger partial charge in [-0.25, -0.2) is 4.98 Å². The minimum absolute atomic E-state index is 0.153. The van der Waals surface area contributed by atoms with Gasteiger partial charge in [-0.3, -0.25) is 0 Å². The molecule has 0 saturated heterocycles. The van der Waals surface area contributed by atoms with Gasteiger partial charge >= 0.3 is 0 Å². The van der Waals surface area contributed by atoms with Gasteiger partial charge in [0.25, 0.3) is 0 Å². The van der Waals surface area contributed by atoms with Gasteiger partial charge in [0, 0.05) is 11.1 Å². The Labute approximate surface area is 86.5 Å². The zero-order chi connectivity index (χ0) is 10.4. The first-order valence-corrected chi connectivity index (χ1v) is 4.23. The molecule has 0 aliphatic carbocycles. The Morgan fingerprint density at radius 1 is 1.71 bits per heavy atom. The highest BCUT2D eigenvalue weighted by Crippen LogP contribution is 2.10. The van der Waals surface area contributed by atoms with Gasteiger partial charge in [-0.05, 0) is 30.0 Å². The van der Waals surface area contributed by atoms with Gasteiger partial charge in [-0.2, -0.15) is 0 Å². The Hall–Kier alpha value is -1.69. The largest absolute Gasteiger partial charge is 0.246 e. The highest BCUT2D eigenvalue weighted by Gasteiger charge is 1.95. The van der Waals surface area contributed by atoms with Crippen molar-refractivity contribution in [1.29, 1.82) is 0 Å². The molecule has 5 heteroatoms. The summed E-state index contributed by atoms with van der Waals surface area (Å²) in [6.07, 6.45) is 1.53. The fourth-order valence-electron chi connectivity index (χ4n) is 0.862. The van der Waals surface area contributed by atoms with Crippen molar-refractivity contribution in [3.05, 3.63) is 39.0 Å². The molecule has 0 radical (unpaired) electrons. The maximum absolute atomic E-state index is 8.01. The molecule has 0 N–H and O–H groups in total. The number of aromatic nitrogens is 1. The second-order valence-corrected chi connectivity index (χ2v) is 2.95.